The molecule has 3 heterocycles. The number of nitrogens with zero attached hydrogens (tertiary/aromatic N) is 6. The number of likely N-dealkylation sites (tertiary alicyclic amines) is 1. The second-order valence-electron chi connectivity index (χ2n) is 5.07. The third-order valence-electron chi connectivity index (χ3n) is 3.79. The van der Waals surface area contributed by atoms with Crippen molar-refractivity contribution in [3.05, 3.63) is 31.1 Å². The quantitative estimate of drug-likeness (QED) is 0.805. The van der Waals surface area contributed by atoms with Gasteiger partial charge in [-0.3, -0.25) is 14.3 Å². The topological polar surface area (TPSA) is 51.8 Å². The molecule has 1 aliphatic rings. The summed E-state index contributed by atoms with van der Waals surface area (Å²) in [5, 5.41) is 8.48. The predicted octanol–water partition coefficient (Wildman–Crippen LogP) is 1.03. The van der Waals surface area contributed by atoms with Crippen LogP contribution < -0.4 is 0 Å². The number of hydrogen-bond acceptors (Lipinski definition) is 4. The standard InChI is InChI=1S/C13H20N6/c1-2-6-17(8-9-18-7-3-5-15-18)13(4-1)10-19-12-14-11-16-19/h3,5,7,11-13H,1-2,4,6,8-10H2. The molecule has 2 aromatic heterocycles. The fourth-order valence-electron chi connectivity index (χ4n) is 2.77. The molecule has 0 radical (unpaired) electrons. The first-order valence-electron chi connectivity index (χ1n) is 6.96. The summed E-state index contributed by atoms with van der Waals surface area (Å²) in [6, 6.07) is 2.55. The fraction of sp³-hybridized carbons (Fsp3) is 0.615. The minimum absolute atomic E-state index is 0.575. The van der Waals surface area contributed by atoms with Crippen molar-refractivity contribution in [1.82, 2.24) is 29.4 Å². The first kappa shape index (κ1) is 12.3. The summed E-state index contributed by atoms with van der Waals surface area (Å²) in [6.07, 6.45) is 11.1. The third kappa shape index (κ3) is 3.20. The van der Waals surface area contributed by atoms with Crippen LogP contribution >= 0.6 is 0 Å². The number of rotatable bonds is 5. The minimum Gasteiger partial charge on any atom is -0.297 e. The fourth-order valence-corrected chi connectivity index (χ4v) is 2.77. The van der Waals surface area contributed by atoms with Crippen molar-refractivity contribution in [3.8, 4) is 0 Å². The van der Waals surface area contributed by atoms with Crippen molar-refractivity contribution in [1.29, 1.82) is 0 Å². The molecule has 6 heteroatoms. The van der Waals surface area contributed by atoms with Gasteiger partial charge in [-0.15, -0.1) is 0 Å². The molecule has 2 aromatic rings. The summed E-state index contributed by atoms with van der Waals surface area (Å²) in [5.41, 5.74) is 0. The monoisotopic (exact) mass is 260 g/mol. The Labute approximate surface area is 113 Å². The molecular weight excluding hydrogens is 240 g/mol. The Bertz CT molecular complexity index is 463. The largest absolute Gasteiger partial charge is 0.297 e. The van der Waals surface area contributed by atoms with E-state index in [4.69, 9.17) is 0 Å². The summed E-state index contributed by atoms with van der Waals surface area (Å²) in [5.74, 6) is 0. The van der Waals surface area contributed by atoms with E-state index in [0.29, 0.717) is 6.04 Å². The van der Waals surface area contributed by atoms with Gasteiger partial charge in [0, 0.05) is 25.0 Å². The maximum absolute atomic E-state index is 4.26. The van der Waals surface area contributed by atoms with E-state index >= 15 is 0 Å². The first-order valence-corrected chi connectivity index (χ1v) is 6.96. The molecular formula is C13H20N6. The van der Waals surface area contributed by atoms with Gasteiger partial charge < -0.3 is 0 Å². The zero-order chi connectivity index (χ0) is 12.9. The lowest BCUT2D eigenvalue weighted by Gasteiger charge is -2.35. The van der Waals surface area contributed by atoms with E-state index in [1.54, 1.807) is 12.7 Å². The van der Waals surface area contributed by atoms with Crippen LogP contribution in [0.1, 0.15) is 19.3 Å². The van der Waals surface area contributed by atoms with E-state index in [9.17, 15) is 0 Å². The van der Waals surface area contributed by atoms with Crippen molar-refractivity contribution in [2.45, 2.75) is 38.4 Å². The normalized spacial score (nSPS) is 20.7. The lowest BCUT2D eigenvalue weighted by molar-refractivity contribution is 0.123. The highest BCUT2D eigenvalue weighted by atomic mass is 15.3. The van der Waals surface area contributed by atoms with Gasteiger partial charge in [-0.2, -0.15) is 10.2 Å². The molecule has 0 bridgehead atoms. The van der Waals surface area contributed by atoms with E-state index in [1.807, 2.05) is 27.8 Å². The summed E-state index contributed by atoms with van der Waals surface area (Å²) in [4.78, 5) is 6.58. The Morgan fingerprint density at radius 2 is 2.11 bits per heavy atom. The Morgan fingerprint density at radius 3 is 2.89 bits per heavy atom. The molecule has 6 nitrogen and oxygen atoms in total. The SMILES string of the molecule is c1cnn(CCN2CCCCC2Cn2cncn2)c1. The van der Waals surface area contributed by atoms with Gasteiger partial charge >= 0.3 is 0 Å². The van der Waals surface area contributed by atoms with E-state index < -0.39 is 0 Å². The highest BCUT2D eigenvalue weighted by molar-refractivity contribution is 4.80. The van der Waals surface area contributed by atoms with Crippen LogP contribution in [-0.2, 0) is 13.1 Å². The summed E-state index contributed by atoms with van der Waals surface area (Å²) < 4.78 is 3.94. The summed E-state index contributed by atoms with van der Waals surface area (Å²) in [6.45, 7) is 4.14. The molecule has 0 aromatic carbocycles. The molecule has 1 atom stereocenters. The molecule has 0 aliphatic carbocycles. The van der Waals surface area contributed by atoms with Crippen molar-refractivity contribution < 1.29 is 0 Å². The van der Waals surface area contributed by atoms with Gasteiger partial charge in [-0.1, -0.05) is 6.42 Å². The van der Waals surface area contributed by atoms with E-state index in [0.717, 1.165) is 19.6 Å². The van der Waals surface area contributed by atoms with Crippen molar-refractivity contribution in [2.75, 3.05) is 13.1 Å². The zero-order valence-electron chi connectivity index (χ0n) is 11.1. The van der Waals surface area contributed by atoms with Gasteiger partial charge in [0.25, 0.3) is 0 Å². The van der Waals surface area contributed by atoms with Crippen molar-refractivity contribution in [2.24, 2.45) is 0 Å². The second kappa shape index (κ2) is 5.97. The molecule has 1 fully saturated rings. The molecule has 1 saturated heterocycles. The first-order chi connectivity index (χ1) is 9.42. The van der Waals surface area contributed by atoms with Crippen LogP contribution in [0, 0.1) is 0 Å². The molecule has 1 aliphatic heterocycles. The van der Waals surface area contributed by atoms with Crippen LogP contribution in [0.4, 0.5) is 0 Å². The Morgan fingerprint density at radius 1 is 1.11 bits per heavy atom. The van der Waals surface area contributed by atoms with Crippen LogP contribution in [0.25, 0.3) is 0 Å². The van der Waals surface area contributed by atoms with Crippen LogP contribution in [-0.4, -0.2) is 48.6 Å². The summed E-state index contributed by atoms with van der Waals surface area (Å²) >= 11 is 0. The Kier molecular flexibility index (Phi) is 3.88. The van der Waals surface area contributed by atoms with Crippen LogP contribution in [0.3, 0.4) is 0 Å². The van der Waals surface area contributed by atoms with E-state index in [2.05, 4.69) is 20.1 Å². The lowest BCUT2D eigenvalue weighted by atomic mass is 10.0. The number of hydrogen-bond donors (Lipinski definition) is 0. The van der Waals surface area contributed by atoms with Crippen LogP contribution in [0.5, 0.6) is 0 Å². The maximum Gasteiger partial charge on any atom is 0.137 e. The second-order valence-corrected chi connectivity index (χ2v) is 5.07. The highest BCUT2D eigenvalue weighted by Gasteiger charge is 2.22. The van der Waals surface area contributed by atoms with Crippen molar-refractivity contribution in [3.63, 3.8) is 0 Å². The van der Waals surface area contributed by atoms with Gasteiger partial charge in [0.1, 0.15) is 12.7 Å². The molecule has 3 rings (SSSR count). The molecule has 1 unspecified atom stereocenters. The van der Waals surface area contributed by atoms with Gasteiger partial charge in [-0.05, 0) is 25.5 Å². The number of aromatic nitrogens is 5. The molecule has 0 spiro atoms. The molecule has 102 valence electrons. The van der Waals surface area contributed by atoms with E-state index in [-0.39, 0.29) is 0 Å². The van der Waals surface area contributed by atoms with Gasteiger partial charge in [-0.25, -0.2) is 4.98 Å². The van der Waals surface area contributed by atoms with Gasteiger partial charge in [0.15, 0.2) is 0 Å². The smallest absolute Gasteiger partial charge is 0.137 e. The Hall–Kier alpha value is -1.69. The summed E-state index contributed by atoms with van der Waals surface area (Å²) in [7, 11) is 0. The number of piperidine rings is 1. The van der Waals surface area contributed by atoms with Crippen LogP contribution in [0.15, 0.2) is 31.1 Å². The van der Waals surface area contributed by atoms with Gasteiger partial charge in [0.2, 0.25) is 0 Å². The van der Waals surface area contributed by atoms with Gasteiger partial charge in [0.05, 0.1) is 13.1 Å². The lowest BCUT2D eigenvalue weighted by Crippen LogP contribution is -2.43. The average Bonchev–Trinajstić information content (AvgIpc) is 3.10. The molecule has 0 saturated carbocycles. The average molecular weight is 260 g/mol. The Balaban J connectivity index is 1.57. The van der Waals surface area contributed by atoms with Crippen molar-refractivity contribution >= 4 is 0 Å². The predicted molar refractivity (Wildman–Crippen MR) is 71.5 cm³/mol. The van der Waals surface area contributed by atoms with E-state index in [1.165, 1.54) is 25.8 Å². The zero-order valence-corrected chi connectivity index (χ0v) is 11.1. The third-order valence-corrected chi connectivity index (χ3v) is 3.79. The molecule has 0 N–H and O–H groups in total. The molecule has 0 amide bonds. The molecule has 19 heavy (non-hydrogen) atoms. The maximum atomic E-state index is 4.26. The highest BCUT2D eigenvalue weighted by Crippen LogP contribution is 2.18. The minimum atomic E-state index is 0.575. The van der Waals surface area contributed by atoms with Crippen LogP contribution in [0.2, 0.25) is 0 Å².